The molecule has 0 fully saturated rings. The smallest absolute Gasteiger partial charge is 0.241 e. The standard InChI is InChI=1S/C11H14N4O/c1-2-9(12)11(16)14-8-3-4-10-7(5-8)6-13-15-10/h3-6,9H,2,12H2,1H3,(H,13,15)(H,14,16)/t9-/m0/s1. The number of hydrogen-bond acceptors (Lipinski definition) is 3. The largest absolute Gasteiger partial charge is 0.325 e. The Morgan fingerprint density at radius 3 is 3.19 bits per heavy atom. The van der Waals surface area contributed by atoms with E-state index in [4.69, 9.17) is 5.73 Å². The lowest BCUT2D eigenvalue weighted by molar-refractivity contribution is -0.117. The third kappa shape index (κ3) is 2.04. The molecule has 0 aliphatic rings. The summed E-state index contributed by atoms with van der Waals surface area (Å²) in [6, 6.07) is 5.09. The molecule has 0 radical (unpaired) electrons. The minimum Gasteiger partial charge on any atom is -0.325 e. The molecule has 84 valence electrons. The summed E-state index contributed by atoms with van der Waals surface area (Å²) in [6.07, 6.45) is 2.34. The van der Waals surface area contributed by atoms with Crippen LogP contribution in [0.4, 0.5) is 5.69 Å². The highest BCUT2D eigenvalue weighted by Crippen LogP contribution is 2.16. The van der Waals surface area contributed by atoms with Gasteiger partial charge in [-0.1, -0.05) is 6.92 Å². The zero-order valence-corrected chi connectivity index (χ0v) is 9.03. The van der Waals surface area contributed by atoms with Crippen molar-refractivity contribution in [3.63, 3.8) is 0 Å². The fraction of sp³-hybridized carbons (Fsp3) is 0.273. The van der Waals surface area contributed by atoms with Crippen LogP contribution in [-0.4, -0.2) is 22.1 Å². The maximum absolute atomic E-state index is 11.6. The lowest BCUT2D eigenvalue weighted by Crippen LogP contribution is -2.34. The molecule has 5 heteroatoms. The molecule has 0 saturated heterocycles. The van der Waals surface area contributed by atoms with Crippen LogP contribution in [0.2, 0.25) is 0 Å². The molecule has 1 amide bonds. The van der Waals surface area contributed by atoms with Gasteiger partial charge in [-0.05, 0) is 24.6 Å². The third-order valence-electron chi connectivity index (χ3n) is 2.48. The van der Waals surface area contributed by atoms with Crippen LogP contribution < -0.4 is 11.1 Å². The Bertz CT molecular complexity index is 505. The van der Waals surface area contributed by atoms with Crippen molar-refractivity contribution >= 4 is 22.5 Å². The van der Waals surface area contributed by atoms with Crippen LogP contribution in [-0.2, 0) is 4.79 Å². The van der Waals surface area contributed by atoms with Gasteiger partial charge in [-0.25, -0.2) is 0 Å². The lowest BCUT2D eigenvalue weighted by atomic mass is 10.2. The van der Waals surface area contributed by atoms with Crippen LogP contribution in [0.1, 0.15) is 13.3 Å². The zero-order chi connectivity index (χ0) is 11.5. The van der Waals surface area contributed by atoms with Crippen molar-refractivity contribution in [1.82, 2.24) is 10.2 Å². The van der Waals surface area contributed by atoms with E-state index in [1.165, 1.54) is 0 Å². The van der Waals surface area contributed by atoms with Crippen LogP contribution >= 0.6 is 0 Å². The maximum atomic E-state index is 11.6. The molecule has 1 heterocycles. The number of carbonyl (C=O) groups excluding carboxylic acids is 1. The molecular weight excluding hydrogens is 204 g/mol. The minimum absolute atomic E-state index is 0.162. The summed E-state index contributed by atoms with van der Waals surface area (Å²) < 4.78 is 0. The molecule has 5 nitrogen and oxygen atoms in total. The normalized spacial score (nSPS) is 12.6. The first-order chi connectivity index (χ1) is 7.70. The van der Waals surface area contributed by atoms with Crippen LogP contribution in [0.5, 0.6) is 0 Å². The zero-order valence-electron chi connectivity index (χ0n) is 9.03. The first-order valence-electron chi connectivity index (χ1n) is 5.20. The van der Waals surface area contributed by atoms with Gasteiger partial charge in [0.15, 0.2) is 0 Å². The Balaban J connectivity index is 2.17. The topological polar surface area (TPSA) is 83.8 Å². The Morgan fingerprint density at radius 1 is 1.62 bits per heavy atom. The fourth-order valence-corrected chi connectivity index (χ4v) is 1.44. The Kier molecular flexibility index (Phi) is 2.87. The first-order valence-corrected chi connectivity index (χ1v) is 5.20. The summed E-state index contributed by atoms with van der Waals surface area (Å²) in [4.78, 5) is 11.6. The highest BCUT2D eigenvalue weighted by molar-refractivity contribution is 5.96. The number of amides is 1. The fourth-order valence-electron chi connectivity index (χ4n) is 1.44. The predicted molar refractivity (Wildman–Crippen MR) is 63.0 cm³/mol. The number of benzene rings is 1. The number of rotatable bonds is 3. The van der Waals surface area contributed by atoms with E-state index >= 15 is 0 Å². The van der Waals surface area contributed by atoms with E-state index in [9.17, 15) is 4.79 Å². The van der Waals surface area contributed by atoms with Crippen molar-refractivity contribution in [1.29, 1.82) is 0 Å². The second-order valence-electron chi connectivity index (χ2n) is 3.68. The second-order valence-corrected chi connectivity index (χ2v) is 3.68. The number of aromatic amines is 1. The molecule has 0 aliphatic carbocycles. The van der Waals surface area contributed by atoms with Gasteiger partial charge < -0.3 is 11.1 Å². The van der Waals surface area contributed by atoms with E-state index in [1.54, 1.807) is 6.20 Å². The molecule has 16 heavy (non-hydrogen) atoms. The number of nitrogens with two attached hydrogens (primary N) is 1. The van der Waals surface area contributed by atoms with Gasteiger partial charge in [0, 0.05) is 11.1 Å². The average molecular weight is 218 g/mol. The molecule has 0 aliphatic heterocycles. The van der Waals surface area contributed by atoms with Gasteiger partial charge in [-0.3, -0.25) is 9.89 Å². The van der Waals surface area contributed by atoms with Crippen molar-refractivity contribution in [2.45, 2.75) is 19.4 Å². The number of fused-ring (bicyclic) bond motifs is 1. The predicted octanol–water partition coefficient (Wildman–Crippen LogP) is 1.24. The van der Waals surface area contributed by atoms with E-state index in [1.807, 2.05) is 25.1 Å². The number of aromatic nitrogens is 2. The van der Waals surface area contributed by atoms with Gasteiger partial charge in [0.25, 0.3) is 0 Å². The highest BCUT2D eigenvalue weighted by Gasteiger charge is 2.10. The molecule has 0 unspecified atom stereocenters. The molecule has 0 bridgehead atoms. The summed E-state index contributed by atoms with van der Waals surface area (Å²) >= 11 is 0. The van der Waals surface area contributed by atoms with Crippen LogP contribution in [0.25, 0.3) is 10.9 Å². The number of H-pyrrole nitrogens is 1. The summed E-state index contributed by atoms with van der Waals surface area (Å²) in [7, 11) is 0. The van der Waals surface area contributed by atoms with Crippen LogP contribution in [0.15, 0.2) is 24.4 Å². The van der Waals surface area contributed by atoms with E-state index in [2.05, 4.69) is 15.5 Å². The molecule has 0 spiro atoms. The molecule has 1 atom stereocenters. The van der Waals surface area contributed by atoms with Gasteiger partial charge in [0.1, 0.15) is 0 Å². The summed E-state index contributed by atoms with van der Waals surface area (Å²) in [5.74, 6) is -0.162. The summed E-state index contributed by atoms with van der Waals surface area (Å²) in [5.41, 5.74) is 7.31. The molecule has 1 aromatic carbocycles. The molecular formula is C11H14N4O. The van der Waals surface area contributed by atoms with E-state index in [0.29, 0.717) is 6.42 Å². The van der Waals surface area contributed by atoms with Gasteiger partial charge >= 0.3 is 0 Å². The number of carbonyl (C=O) groups is 1. The van der Waals surface area contributed by atoms with Crippen molar-refractivity contribution in [3.05, 3.63) is 24.4 Å². The third-order valence-corrected chi connectivity index (χ3v) is 2.48. The van der Waals surface area contributed by atoms with Gasteiger partial charge in [0.05, 0.1) is 17.8 Å². The molecule has 1 aromatic heterocycles. The van der Waals surface area contributed by atoms with Gasteiger partial charge in [0.2, 0.25) is 5.91 Å². The van der Waals surface area contributed by atoms with Crippen molar-refractivity contribution < 1.29 is 4.79 Å². The van der Waals surface area contributed by atoms with Gasteiger partial charge in [-0.2, -0.15) is 5.10 Å². The molecule has 4 N–H and O–H groups in total. The maximum Gasteiger partial charge on any atom is 0.241 e. The Hall–Kier alpha value is -1.88. The lowest BCUT2D eigenvalue weighted by Gasteiger charge is -2.09. The van der Waals surface area contributed by atoms with Crippen LogP contribution in [0, 0.1) is 0 Å². The average Bonchev–Trinajstić information content (AvgIpc) is 2.75. The van der Waals surface area contributed by atoms with Crippen molar-refractivity contribution in [2.24, 2.45) is 5.73 Å². The van der Waals surface area contributed by atoms with Crippen molar-refractivity contribution in [3.8, 4) is 0 Å². The minimum atomic E-state index is -0.458. The van der Waals surface area contributed by atoms with E-state index in [-0.39, 0.29) is 5.91 Å². The summed E-state index contributed by atoms with van der Waals surface area (Å²) in [5, 5.41) is 10.5. The number of nitrogens with one attached hydrogen (secondary N) is 2. The summed E-state index contributed by atoms with van der Waals surface area (Å²) in [6.45, 7) is 1.88. The van der Waals surface area contributed by atoms with Crippen LogP contribution in [0.3, 0.4) is 0 Å². The first kappa shape index (κ1) is 10.6. The Labute approximate surface area is 93.0 Å². The number of nitrogens with zero attached hydrogens (tertiary/aromatic N) is 1. The highest BCUT2D eigenvalue weighted by atomic mass is 16.2. The van der Waals surface area contributed by atoms with Gasteiger partial charge in [-0.15, -0.1) is 0 Å². The Morgan fingerprint density at radius 2 is 2.44 bits per heavy atom. The molecule has 2 aromatic rings. The quantitative estimate of drug-likeness (QED) is 0.724. The van der Waals surface area contributed by atoms with Crippen molar-refractivity contribution in [2.75, 3.05) is 5.32 Å². The molecule has 2 rings (SSSR count). The van der Waals surface area contributed by atoms with E-state index < -0.39 is 6.04 Å². The second kappa shape index (κ2) is 4.32. The monoisotopic (exact) mass is 218 g/mol. The van der Waals surface area contributed by atoms with E-state index in [0.717, 1.165) is 16.6 Å². The SMILES string of the molecule is CC[C@H](N)C(=O)Nc1ccc2[nH]ncc2c1. The number of anilines is 1. The number of hydrogen-bond donors (Lipinski definition) is 3. The molecule has 0 saturated carbocycles.